The van der Waals surface area contributed by atoms with E-state index in [2.05, 4.69) is 5.32 Å². The standard InChI is InChI=1S/C21H25FN2O3S/c1-14-7-10-19(22)20(12-14)23-21(25)18-13-17(9-8-15(18)2)28(26,27)24-11-5-4-6-16(24)3/h7-10,12-13,16H,4-6,11H2,1-3H3,(H,23,25). The maximum Gasteiger partial charge on any atom is 0.256 e. The first kappa shape index (κ1) is 20.5. The van der Waals surface area contributed by atoms with Crippen molar-refractivity contribution in [2.45, 2.75) is 51.0 Å². The molecule has 1 heterocycles. The Bertz CT molecular complexity index is 1000. The Balaban J connectivity index is 1.93. The topological polar surface area (TPSA) is 66.5 Å². The van der Waals surface area contributed by atoms with Crippen molar-refractivity contribution < 1.29 is 17.6 Å². The van der Waals surface area contributed by atoms with Crippen LogP contribution in [0.1, 0.15) is 47.7 Å². The molecule has 1 unspecified atom stereocenters. The molecule has 1 fully saturated rings. The summed E-state index contributed by atoms with van der Waals surface area (Å²) in [6.45, 7) is 5.90. The number of nitrogens with zero attached hydrogens (tertiary/aromatic N) is 1. The van der Waals surface area contributed by atoms with E-state index in [1.54, 1.807) is 32.0 Å². The van der Waals surface area contributed by atoms with Crippen LogP contribution in [0.3, 0.4) is 0 Å². The lowest BCUT2D eigenvalue weighted by molar-refractivity contribution is 0.102. The first-order chi connectivity index (χ1) is 13.2. The minimum absolute atomic E-state index is 0.0706. The van der Waals surface area contributed by atoms with Crippen molar-refractivity contribution in [1.82, 2.24) is 4.31 Å². The Morgan fingerprint density at radius 3 is 2.61 bits per heavy atom. The quantitative estimate of drug-likeness (QED) is 0.828. The van der Waals surface area contributed by atoms with Crippen LogP contribution < -0.4 is 5.32 Å². The maximum absolute atomic E-state index is 14.0. The van der Waals surface area contributed by atoms with E-state index in [1.165, 1.54) is 22.5 Å². The number of anilines is 1. The van der Waals surface area contributed by atoms with Gasteiger partial charge in [-0.1, -0.05) is 18.6 Å². The molecule has 2 aromatic carbocycles. The van der Waals surface area contributed by atoms with Crippen LogP contribution in [0.5, 0.6) is 0 Å². The van der Waals surface area contributed by atoms with Crippen LogP contribution in [0.25, 0.3) is 0 Å². The third-order valence-electron chi connectivity index (χ3n) is 5.17. The predicted octanol–water partition coefficient (Wildman–Crippen LogP) is 4.26. The predicted molar refractivity (Wildman–Crippen MR) is 107 cm³/mol. The zero-order valence-electron chi connectivity index (χ0n) is 16.3. The van der Waals surface area contributed by atoms with Crippen LogP contribution in [-0.2, 0) is 10.0 Å². The summed E-state index contributed by atoms with van der Waals surface area (Å²) in [5, 5.41) is 2.55. The Morgan fingerprint density at radius 1 is 1.14 bits per heavy atom. The zero-order valence-corrected chi connectivity index (χ0v) is 17.1. The number of carbonyl (C=O) groups is 1. The van der Waals surface area contributed by atoms with Gasteiger partial charge in [0, 0.05) is 18.2 Å². The number of halogens is 1. The van der Waals surface area contributed by atoms with Gasteiger partial charge >= 0.3 is 0 Å². The summed E-state index contributed by atoms with van der Waals surface area (Å²) in [7, 11) is -3.69. The van der Waals surface area contributed by atoms with Gasteiger partial charge in [0.15, 0.2) is 0 Å². The van der Waals surface area contributed by atoms with Crippen LogP contribution in [0.4, 0.5) is 10.1 Å². The van der Waals surface area contributed by atoms with Crippen LogP contribution in [0, 0.1) is 19.7 Å². The van der Waals surface area contributed by atoms with Gasteiger partial charge in [-0.05, 0) is 69.0 Å². The summed E-state index contributed by atoms with van der Waals surface area (Å²) in [5.41, 5.74) is 1.72. The molecular weight excluding hydrogens is 379 g/mol. The van der Waals surface area contributed by atoms with Gasteiger partial charge in [-0.2, -0.15) is 4.31 Å². The van der Waals surface area contributed by atoms with E-state index < -0.39 is 21.7 Å². The molecule has 1 N–H and O–H groups in total. The number of piperidine rings is 1. The fourth-order valence-corrected chi connectivity index (χ4v) is 5.22. The maximum atomic E-state index is 14.0. The van der Waals surface area contributed by atoms with E-state index in [0.29, 0.717) is 12.1 Å². The van der Waals surface area contributed by atoms with Crippen molar-refractivity contribution in [3.63, 3.8) is 0 Å². The molecule has 1 atom stereocenters. The second-order valence-corrected chi connectivity index (χ2v) is 9.27. The van der Waals surface area contributed by atoms with Crippen molar-refractivity contribution in [3.8, 4) is 0 Å². The zero-order chi connectivity index (χ0) is 20.5. The summed E-state index contributed by atoms with van der Waals surface area (Å²) in [6, 6.07) is 8.89. The minimum Gasteiger partial charge on any atom is -0.319 e. The number of hydrogen-bond donors (Lipinski definition) is 1. The van der Waals surface area contributed by atoms with E-state index >= 15 is 0 Å². The molecule has 0 spiro atoms. The number of rotatable bonds is 4. The second-order valence-electron chi connectivity index (χ2n) is 7.37. The molecule has 5 nitrogen and oxygen atoms in total. The number of benzene rings is 2. The largest absolute Gasteiger partial charge is 0.319 e. The smallest absolute Gasteiger partial charge is 0.256 e. The fourth-order valence-electron chi connectivity index (χ4n) is 3.49. The molecule has 0 aliphatic carbocycles. The lowest BCUT2D eigenvalue weighted by Crippen LogP contribution is -2.42. The van der Waals surface area contributed by atoms with E-state index in [1.807, 2.05) is 6.92 Å². The first-order valence-corrected chi connectivity index (χ1v) is 10.8. The molecule has 1 aliphatic heterocycles. The van der Waals surface area contributed by atoms with Crippen molar-refractivity contribution in [2.24, 2.45) is 0 Å². The Hall–Kier alpha value is -2.25. The third-order valence-corrected chi connectivity index (χ3v) is 7.18. The highest BCUT2D eigenvalue weighted by atomic mass is 32.2. The Kier molecular flexibility index (Phi) is 5.86. The molecule has 0 radical (unpaired) electrons. The van der Waals surface area contributed by atoms with Gasteiger partial charge in [0.2, 0.25) is 10.0 Å². The monoisotopic (exact) mass is 404 g/mol. The number of nitrogens with one attached hydrogen (secondary N) is 1. The average molecular weight is 405 g/mol. The summed E-state index contributed by atoms with van der Waals surface area (Å²) < 4.78 is 41.6. The SMILES string of the molecule is Cc1ccc(F)c(NC(=O)c2cc(S(=O)(=O)N3CCCCC3C)ccc2C)c1. The van der Waals surface area contributed by atoms with Crippen molar-refractivity contribution >= 4 is 21.6 Å². The molecule has 1 aliphatic rings. The van der Waals surface area contributed by atoms with Gasteiger partial charge in [0.1, 0.15) is 5.82 Å². The van der Waals surface area contributed by atoms with Crippen molar-refractivity contribution in [2.75, 3.05) is 11.9 Å². The fraction of sp³-hybridized carbons (Fsp3) is 0.381. The van der Waals surface area contributed by atoms with Gasteiger partial charge in [-0.25, -0.2) is 12.8 Å². The molecule has 150 valence electrons. The van der Waals surface area contributed by atoms with Crippen LogP contribution >= 0.6 is 0 Å². The Morgan fingerprint density at radius 2 is 1.89 bits per heavy atom. The first-order valence-electron chi connectivity index (χ1n) is 9.40. The van der Waals surface area contributed by atoms with Crippen molar-refractivity contribution in [1.29, 1.82) is 0 Å². The summed E-state index contributed by atoms with van der Waals surface area (Å²) in [5.74, 6) is -1.08. The molecule has 2 aromatic rings. The van der Waals surface area contributed by atoms with Crippen LogP contribution in [-0.4, -0.2) is 31.2 Å². The van der Waals surface area contributed by atoms with Crippen molar-refractivity contribution in [3.05, 3.63) is 58.9 Å². The van der Waals surface area contributed by atoms with E-state index in [4.69, 9.17) is 0 Å². The molecule has 28 heavy (non-hydrogen) atoms. The van der Waals surface area contributed by atoms with E-state index in [9.17, 15) is 17.6 Å². The van der Waals surface area contributed by atoms with E-state index in [-0.39, 0.29) is 22.2 Å². The molecule has 0 saturated carbocycles. The lowest BCUT2D eigenvalue weighted by Gasteiger charge is -2.32. The number of carbonyl (C=O) groups excluding carboxylic acids is 1. The average Bonchev–Trinajstić information content (AvgIpc) is 2.65. The molecule has 0 aromatic heterocycles. The van der Waals surface area contributed by atoms with Crippen LogP contribution in [0.2, 0.25) is 0 Å². The normalized spacial score (nSPS) is 18.1. The molecule has 3 rings (SSSR count). The second kappa shape index (κ2) is 8.01. The van der Waals surface area contributed by atoms with Gasteiger partial charge < -0.3 is 5.32 Å². The highest BCUT2D eigenvalue weighted by Gasteiger charge is 2.31. The summed E-state index contributed by atoms with van der Waals surface area (Å²) in [6.07, 6.45) is 2.66. The van der Waals surface area contributed by atoms with Gasteiger partial charge in [-0.3, -0.25) is 4.79 Å². The van der Waals surface area contributed by atoms with Gasteiger partial charge in [0.25, 0.3) is 5.91 Å². The third kappa shape index (κ3) is 4.10. The number of sulfonamides is 1. The molecule has 1 saturated heterocycles. The van der Waals surface area contributed by atoms with Gasteiger partial charge in [-0.15, -0.1) is 0 Å². The molecule has 7 heteroatoms. The summed E-state index contributed by atoms with van der Waals surface area (Å²) >= 11 is 0. The van der Waals surface area contributed by atoms with Crippen LogP contribution in [0.15, 0.2) is 41.3 Å². The van der Waals surface area contributed by atoms with Gasteiger partial charge in [0.05, 0.1) is 10.6 Å². The number of hydrogen-bond acceptors (Lipinski definition) is 3. The minimum atomic E-state index is -3.69. The molecular formula is C21H25FN2O3S. The highest BCUT2D eigenvalue weighted by molar-refractivity contribution is 7.89. The molecule has 1 amide bonds. The number of aryl methyl sites for hydroxylation is 2. The Labute approximate surface area is 165 Å². The highest BCUT2D eigenvalue weighted by Crippen LogP contribution is 2.27. The summed E-state index contributed by atoms with van der Waals surface area (Å²) in [4.78, 5) is 12.8. The van der Waals surface area contributed by atoms with E-state index in [0.717, 1.165) is 24.8 Å². The molecule has 0 bridgehead atoms. The lowest BCUT2D eigenvalue weighted by atomic mass is 10.1. The number of amides is 1.